The Kier molecular flexibility index (Phi) is 4.92. The van der Waals surface area contributed by atoms with Gasteiger partial charge in [0.25, 0.3) is 0 Å². The van der Waals surface area contributed by atoms with E-state index in [1.807, 2.05) is 4.90 Å². The third-order valence-electron chi connectivity index (χ3n) is 3.43. The average molecular weight is 315 g/mol. The summed E-state index contributed by atoms with van der Waals surface area (Å²) in [6.45, 7) is 1.88. The van der Waals surface area contributed by atoms with E-state index in [1.54, 1.807) is 7.05 Å². The fraction of sp³-hybridized carbons (Fsp3) is 0.462. The zero-order valence-corrected chi connectivity index (χ0v) is 12.6. The minimum Gasteiger partial charge on any atom is -0.358 e. The van der Waals surface area contributed by atoms with Crippen LogP contribution in [0, 0.1) is 5.82 Å². The number of hydrogen-bond donors (Lipinski definition) is 1. The van der Waals surface area contributed by atoms with E-state index in [0.29, 0.717) is 26.2 Å². The first-order valence-electron chi connectivity index (χ1n) is 6.62. The Morgan fingerprint density at radius 2 is 1.76 bits per heavy atom. The number of amides is 1. The van der Waals surface area contributed by atoms with Gasteiger partial charge in [0.2, 0.25) is 15.9 Å². The second kappa shape index (κ2) is 6.50. The van der Waals surface area contributed by atoms with Crippen molar-refractivity contribution in [3.05, 3.63) is 30.1 Å². The Morgan fingerprint density at radius 3 is 2.29 bits per heavy atom. The van der Waals surface area contributed by atoms with Gasteiger partial charge in [0.1, 0.15) is 5.82 Å². The lowest BCUT2D eigenvalue weighted by Gasteiger charge is -2.33. The molecule has 0 aliphatic carbocycles. The highest BCUT2D eigenvalue weighted by Crippen LogP contribution is 2.17. The van der Waals surface area contributed by atoms with Crippen LogP contribution in [0.1, 0.15) is 0 Å². The number of hydrogen-bond acceptors (Lipinski definition) is 4. The Bertz CT molecular complexity index is 596. The van der Waals surface area contributed by atoms with Crippen LogP contribution in [-0.4, -0.2) is 63.3 Å². The zero-order valence-electron chi connectivity index (χ0n) is 11.8. The van der Waals surface area contributed by atoms with Crippen molar-refractivity contribution in [2.75, 3.05) is 39.8 Å². The van der Waals surface area contributed by atoms with E-state index in [4.69, 9.17) is 0 Å². The molecule has 0 spiro atoms. The predicted octanol–water partition coefficient (Wildman–Crippen LogP) is -0.122. The summed E-state index contributed by atoms with van der Waals surface area (Å²) in [5.74, 6) is -0.561. The number of piperazine rings is 1. The highest BCUT2D eigenvalue weighted by molar-refractivity contribution is 7.89. The molecule has 0 aromatic heterocycles. The Morgan fingerprint density at radius 1 is 1.19 bits per heavy atom. The fourth-order valence-electron chi connectivity index (χ4n) is 2.17. The molecule has 1 N–H and O–H groups in total. The predicted molar refractivity (Wildman–Crippen MR) is 75.7 cm³/mol. The second-order valence-electron chi connectivity index (χ2n) is 4.81. The largest absolute Gasteiger partial charge is 0.358 e. The SMILES string of the molecule is CNC(=O)CN1CCN(S(=O)(=O)c2ccc(F)cc2)CC1. The minimum atomic E-state index is -3.60. The molecule has 6 nitrogen and oxygen atoms in total. The summed E-state index contributed by atoms with van der Waals surface area (Å²) in [6, 6.07) is 4.80. The van der Waals surface area contributed by atoms with Crippen LogP contribution >= 0.6 is 0 Å². The van der Waals surface area contributed by atoms with Gasteiger partial charge in [0.05, 0.1) is 11.4 Å². The summed E-state index contributed by atoms with van der Waals surface area (Å²) in [5.41, 5.74) is 0. The fourth-order valence-corrected chi connectivity index (χ4v) is 3.59. The summed E-state index contributed by atoms with van der Waals surface area (Å²) in [7, 11) is -2.03. The van der Waals surface area contributed by atoms with Gasteiger partial charge < -0.3 is 5.32 Å². The topological polar surface area (TPSA) is 69.7 Å². The van der Waals surface area contributed by atoms with Gasteiger partial charge >= 0.3 is 0 Å². The Hall–Kier alpha value is -1.51. The van der Waals surface area contributed by atoms with Crippen molar-refractivity contribution in [3.8, 4) is 0 Å². The van der Waals surface area contributed by atoms with Gasteiger partial charge in [-0.1, -0.05) is 0 Å². The third-order valence-corrected chi connectivity index (χ3v) is 5.34. The van der Waals surface area contributed by atoms with Gasteiger partial charge in [-0.05, 0) is 24.3 Å². The van der Waals surface area contributed by atoms with Crippen LogP contribution in [-0.2, 0) is 14.8 Å². The van der Waals surface area contributed by atoms with Crippen LogP contribution in [0.15, 0.2) is 29.2 Å². The van der Waals surface area contributed by atoms with Crippen molar-refractivity contribution in [1.29, 1.82) is 0 Å². The molecule has 0 bridgehead atoms. The van der Waals surface area contributed by atoms with Crippen molar-refractivity contribution in [2.45, 2.75) is 4.90 Å². The second-order valence-corrected chi connectivity index (χ2v) is 6.75. The number of benzene rings is 1. The van der Waals surface area contributed by atoms with Crippen LogP contribution in [0.4, 0.5) is 4.39 Å². The third kappa shape index (κ3) is 3.78. The molecule has 8 heteroatoms. The molecule has 1 fully saturated rings. The molecule has 1 saturated heterocycles. The summed E-state index contributed by atoms with van der Waals surface area (Å²) < 4.78 is 39.0. The van der Waals surface area contributed by atoms with E-state index in [0.717, 1.165) is 12.1 Å². The number of carbonyl (C=O) groups excluding carboxylic acids is 1. The van der Waals surface area contributed by atoms with Crippen LogP contribution in [0.5, 0.6) is 0 Å². The summed E-state index contributed by atoms with van der Waals surface area (Å²) in [6.07, 6.45) is 0. The molecule has 1 aliphatic rings. The molecule has 1 aromatic carbocycles. The lowest BCUT2D eigenvalue weighted by atomic mass is 10.3. The maximum absolute atomic E-state index is 12.9. The molecule has 21 heavy (non-hydrogen) atoms. The van der Waals surface area contributed by atoms with E-state index < -0.39 is 15.8 Å². The first kappa shape index (κ1) is 15.9. The van der Waals surface area contributed by atoms with E-state index in [2.05, 4.69) is 5.32 Å². The smallest absolute Gasteiger partial charge is 0.243 e. The molecular weight excluding hydrogens is 297 g/mol. The summed E-state index contributed by atoms with van der Waals surface area (Å²) >= 11 is 0. The summed E-state index contributed by atoms with van der Waals surface area (Å²) in [4.78, 5) is 13.3. The number of nitrogens with one attached hydrogen (secondary N) is 1. The van der Waals surface area contributed by atoms with Gasteiger partial charge in [-0.3, -0.25) is 9.69 Å². The molecule has 0 unspecified atom stereocenters. The van der Waals surface area contributed by atoms with E-state index >= 15 is 0 Å². The zero-order chi connectivity index (χ0) is 15.5. The van der Waals surface area contributed by atoms with Gasteiger partial charge in [0, 0.05) is 33.2 Å². The Balaban J connectivity index is 2.01. The number of sulfonamides is 1. The summed E-state index contributed by atoms with van der Waals surface area (Å²) in [5, 5.41) is 2.54. The normalized spacial score (nSPS) is 17.6. The van der Waals surface area contributed by atoms with Crippen LogP contribution < -0.4 is 5.32 Å². The molecule has 2 rings (SSSR count). The lowest BCUT2D eigenvalue weighted by molar-refractivity contribution is -0.122. The van der Waals surface area contributed by atoms with E-state index in [1.165, 1.54) is 16.4 Å². The molecule has 1 aromatic rings. The molecule has 0 radical (unpaired) electrons. The van der Waals surface area contributed by atoms with Crippen LogP contribution in [0.25, 0.3) is 0 Å². The van der Waals surface area contributed by atoms with Crippen LogP contribution in [0.2, 0.25) is 0 Å². The molecule has 0 atom stereocenters. The highest BCUT2D eigenvalue weighted by atomic mass is 32.2. The Labute approximate surface area is 123 Å². The number of likely N-dealkylation sites (N-methyl/N-ethyl adjacent to an activating group) is 1. The molecule has 1 aliphatic heterocycles. The maximum Gasteiger partial charge on any atom is 0.243 e. The van der Waals surface area contributed by atoms with Gasteiger partial charge in [0.15, 0.2) is 0 Å². The monoisotopic (exact) mass is 315 g/mol. The maximum atomic E-state index is 12.9. The van der Waals surface area contributed by atoms with E-state index in [-0.39, 0.29) is 17.3 Å². The lowest BCUT2D eigenvalue weighted by Crippen LogP contribution is -2.50. The van der Waals surface area contributed by atoms with Gasteiger partial charge in [-0.15, -0.1) is 0 Å². The van der Waals surface area contributed by atoms with Gasteiger partial charge in [-0.25, -0.2) is 12.8 Å². The first-order valence-corrected chi connectivity index (χ1v) is 8.06. The van der Waals surface area contributed by atoms with Gasteiger partial charge in [-0.2, -0.15) is 4.31 Å². The minimum absolute atomic E-state index is 0.0867. The number of rotatable bonds is 4. The van der Waals surface area contributed by atoms with E-state index in [9.17, 15) is 17.6 Å². The number of carbonyl (C=O) groups is 1. The van der Waals surface area contributed by atoms with Crippen molar-refractivity contribution < 1.29 is 17.6 Å². The molecule has 1 amide bonds. The van der Waals surface area contributed by atoms with Crippen LogP contribution in [0.3, 0.4) is 0 Å². The quantitative estimate of drug-likeness (QED) is 0.841. The van der Waals surface area contributed by atoms with Crippen molar-refractivity contribution >= 4 is 15.9 Å². The standard InChI is InChI=1S/C13H18FN3O3S/c1-15-13(18)10-16-6-8-17(9-7-16)21(19,20)12-4-2-11(14)3-5-12/h2-5H,6-10H2,1H3,(H,15,18). The highest BCUT2D eigenvalue weighted by Gasteiger charge is 2.28. The van der Waals surface area contributed by atoms with Crippen molar-refractivity contribution in [2.24, 2.45) is 0 Å². The van der Waals surface area contributed by atoms with Crippen molar-refractivity contribution in [1.82, 2.24) is 14.5 Å². The van der Waals surface area contributed by atoms with Crippen molar-refractivity contribution in [3.63, 3.8) is 0 Å². The number of nitrogens with zero attached hydrogens (tertiary/aromatic N) is 2. The first-order chi connectivity index (χ1) is 9.93. The molecule has 1 heterocycles. The number of halogens is 1. The molecule has 116 valence electrons. The molecule has 0 saturated carbocycles. The molecular formula is C13H18FN3O3S. The average Bonchev–Trinajstić information content (AvgIpc) is 2.48.